The third-order valence-corrected chi connectivity index (χ3v) is 4.64. The van der Waals surface area contributed by atoms with Crippen molar-refractivity contribution in [3.63, 3.8) is 0 Å². The highest BCUT2D eigenvalue weighted by molar-refractivity contribution is 5.80. The molecule has 0 aromatic heterocycles. The average molecular weight is 253 g/mol. The lowest BCUT2D eigenvalue weighted by molar-refractivity contribution is -0.140. The molecule has 2 saturated heterocycles. The van der Waals surface area contributed by atoms with Gasteiger partial charge in [0.1, 0.15) is 0 Å². The Labute approximate surface area is 110 Å². The predicted molar refractivity (Wildman–Crippen MR) is 73.1 cm³/mol. The first kappa shape index (κ1) is 13.8. The van der Waals surface area contributed by atoms with Crippen molar-refractivity contribution in [2.75, 3.05) is 19.6 Å². The van der Waals surface area contributed by atoms with E-state index in [1.165, 1.54) is 0 Å². The monoisotopic (exact) mass is 253 g/mol. The highest BCUT2D eigenvalue weighted by Gasteiger charge is 2.38. The summed E-state index contributed by atoms with van der Waals surface area (Å²) in [7, 11) is 0. The van der Waals surface area contributed by atoms with E-state index in [2.05, 4.69) is 24.1 Å². The summed E-state index contributed by atoms with van der Waals surface area (Å²) in [6.45, 7) is 6.90. The number of nitrogens with zero attached hydrogens (tertiary/aromatic N) is 1. The number of rotatable bonds is 3. The van der Waals surface area contributed by atoms with Crippen molar-refractivity contribution in [1.29, 1.82) is 0 Å². The van der Waals surface area contributed by atoms with Gasteiger partial charge in [0.15, 0.2) is 0 Å². The number of carbonyl (C=O) groups is 1. The van der Waals surface area contributed by atoms with Crippen molar-refractivity contribution in [1.82, 2.24) is 10.2 Å². The summed E-state index contributed by atoms with van der Waals surface area (Å²) in [5.41, 5.74) is 5.85. The van der Waals surface area contributed by atoms with Crippen molar-refractivity contribution in [2.24, 2.45) is 17.6 Å². The van der Waals surface area contributed by atoms with Crippen LogP contribution in [0.3, 0.4) is 0 Å². The molecule has 3 N–H and O–H groups in total. The van der Waals surface area contributed by atoms with Crippen molar-refractivity contribution < 1.29 is 4.79 Å². The smallest absolute Gasteiger partial charge is 0.227 e. The molecular formula is C14H27N3O. The van der Waals surface area contributed by atoms with Gasteiger partial charge >= 0.3 is 0 Å². The summed E-state index contributed by atoms with van der Waals surface area (Å²) in [5, 5.41) is 3.44. The van der Waals surface area contributed by atoms with Crippen molar-refractivity contribution in [3.05, 3.63) is 0 Å². The maximum Gasteiger partial charge on any atom is 0.227 e. The van der Waals surface area contributed by atoms with E-state index in [-0.39, 0.29) is 12.0 Å². The van der Waals surface area contributed by atoms with Crippen LogP contribution < -0.4 is 11.1 Å². The Balaban J connectivity index is 2.03. The second-order valence-corrected chi connectivity index (χ2v) is 5.91. The van der Waals surface area contributed by atoms with Gasteiger partial charge in [0.25, 0.3) is 0 Å². The Morgan fingerprint density at radius 1 is 1.44 bits per heavy atom. The van der Waals surface area contributed by atoms with Crippen molar-refractivity contribution in [2.45, 2.75) is 51.6 Å². The van der Waals surface area contributed by atoms with Gasteiger partial charge in [0, 0.05) is 25.2 Å². The van der Waals surface area contributed by atoms with E-state index in [1.54, 1.807) is 0 Å². The van der Waals surface area contributed by atoms with Crippen LogP contribution in [0.15, 0.2) is 0 Å². The number of carbonyl (C=O) groups excluding carboxylic acids is 1. The van der Waals surface area contributed by atoms with Crippen LogP contribution in [0.4, 0.5) is 0 Å². The molecule has 0 bridgehead atoms. The van der Waals surface area contributed by atoms with Crippen LogP contribution in [-0.4, -0.2) is 42.5 Å². The fourth-order valence-corrected chi connectivity index (χ4v) is 3.47. The summed E-state index contributed by atoms with van der Waals surface area (Å²) >= 11 is 0. The third kappa shape index (κ3) is 2.69. The molecule has 0 radical (unpaired) electrons. The minimum absolute atomic E-state index is 0.178. The second kappa shape index (κ2) is 6.02. The molecule has 4 heteroatoms. The van der Waals surface area contributed by atoms with Gasteiger partial charge in [-0.05, 0) is 38.1 Å². The van der Waals surface area contributed by atoms with Gasteiger partial charge in [-0.1, -0.05) is 13.8 Å². The fourth-order valence-electron chi connectivity index (χ4n) is 3.47. The molecule has 2 fully saturated rings. The highest BCUT2D eigenvalue weighted by atomic mass is 16.2. The van der Waals surface area contributed by atoms with Gasteiger partial charge in [0.05, 0.1) is 5.92 Å². The second-order valence-electron chi connectivity index (χ2n) is 5.91. The molecule has 0 aromatic carbocycles. The minimum atomic E-state index is 0.178. The first-order chi connectivity index (χ1) is 8.67. The lowest BCUT2D eigenvalue weighted by atomic mass is 9.89. The fraction of sp³-hybridized carbons (Fsp3) is 0.929. The average Bonchev–Trinajstić information content (AvgIpc) is 2.86. The predicted octanol–water partition coefficient (Wildman–Crippen LogP) is 0.960. The molecule has 1 amide bonds. The number of piperidine rings is 1. The maximum atomic E-state index is 12.7. The van der Waals surface area contributed by atoms with Gasteiger partial charge in [-0.15, -0.1) is 0 Å². The van der Waals surface area contributed by atoms with Crippen LogP contribution in [0, 0.1) is 11.8 Å². The Bertz CT molecular complexity index is 295. The molecule has 0 aromatic rings. The molecule has 18 heavy (non-hydrogen) atoms. The van der Waals surface area contributed by atoms with E-state index >= 15 is 0 Å². The van der Waals surface area contributed by atoms with Crippen LogP contribution in [0.5, 0.6) is 0 Å². The summed E-state index contributed by atoms with van der Waals surface area (Å²) in [4.78, 5) is 14.7. The lowest BCUT2D eigenvalue weighted by Crippen LogP contribution is -2.52. The maximum absolute atomic E-state index is 12.7. The van der Waals surface area contributed by atoms with Gasteiger partial charge < -0.3 is 16.0 Å². The molecule has 0 aliphatic carbocycles. The third-order valence-electron chi connectivity index (χ3n) is 4.64. The van der Waals surface area contributed by atoms with Gasteiger partial charge in [-0.2, -0.15) is 0 Å². The Kier molecular flexibility index (Phi) is 4.62. The zero-order valence-corrected chi connectivity index (χ0v) is 11.7. The molecule has 2 heterocycles. The molecule has 4 nitrogen and oxygen atoms in total. The molecule has 0 saturated carbocycles. The van der Waals surface area contributed by atoms with Crippen LogP contribution in [0.25, 0.3) is 0 Å². The number of likely N-dealkylation sites (tertiary alicyclic amines) is 1. The lowest BCUT2D eigenvalue weighted by Gasteiger charge is -2.40. The molecule has 0 spiro atoms. The molecule has 4 atom stereocenters. The molecule has 4 unspecified atom stereocenters. The number of hydrogen-bond donors (Lipinski definition) is 2. The van der Waals surface area contributed by atoms with E-state index in [9.17, 15) is 4.79 Å². The van der Waals surface area contributed by atoms with Gasteiger partial charge in [-0.25, -0.2) is 0 Å². The van der Waals surface area contributed by atoms with E-state index in [0.29, 0.717) is 24.4 Å². The van der Waals surface area contributed by atoms with Gasteiger partial charge in [-0.3, -0.25) is 4.79 Å². The highest BCUT2D eigenvalue weighted by Crippen LogP contribution is 2.27. The summed E-state index contributed by atoms with van der Waals surface area (Å²) in [6.07, 6.45) is 4.22. The summed E-state index contributed by atoms with van der Waals surface area (Å²) in [5.74, 6) is 1.22. The number of amides is 1. The van der Waals surface area contributed by atoms with Crippen molar-refractivity contribution >= 4 is 5.91 Å². The van der Waals surface area contributed by atoms with Crippen LogP contribution in [0.1, 0.15) is 39.5 Å². The largest absolute Gasteiger partial charge is 0.338 e. The van der Waals surface area contributed by atoms with E-state index in [1.807, 2.05) is 0 Å². The Morgan fingerprint density at radius 2 is 2.22 bits per heavy atom. The van der Waals surface area contributed by atoms with Crippen LogP contribution >= 0.6 is 0 Å². The van der Waals surface area contributed by atoms with E-state index in [4.69, 9.17) is 5.73 Å². The zero-order chi connectivity index (χ0) is 13.1. The Morgan fingerprint density at radius 3 is 2.89 bits per heavy atom. The SMILES string of the molecule is CCC1NCCC1C(=O)N1CCC(C)CC1CN. The van der Waals surface area contributed by atoms with Crippen molar-refractivity contribution in [3.8, 4) is 0 Å². The van der Waals surface area contributed by atoms with Gasteiger partial charge in [0.2, 0.25) is 5.91 Å². The number of hydrogen-bond acceptors (Lipinski definition) is 3. The number of nitrogens with one attached hydrogen (secondary N) is 1. The van der Waals surface area contributed by atoms with E-state index < -0.39 is 0 Å². The first-order valence-electron chi connectivity index (χ1n) is 7.41. The molecule has 104 valence electrons. The standard InChI is InChI=1S/C14H27N3O/c1-3-13-12(4-6-16-13)14(18)17-7-5-10(2)8-11(17)9-15/h10-13,16H,3-9,15H2,1-2H3. The topological polar surface area (TPSA) is 58.4 Å². The van der Waals surface area contributed by atoms with E-state index in [0.717, 1.165) is 38.8 Å². The summed E-state index contributed by atoms with van der Waals surface area (Å²) < 4.78 is 0. The van der Waals surface area contributed by atoms with Crippen LogP contribution in [0.2, 0.25) is 0 Å². The Hall–Kier alpha value is -0.610. The molecule has 2 rings (SSSR count). The number of nitrogens with two attached hydrogens (primary N) is 1. The summed E-state index contributed by atoms with van der Waals surface area (Å²) in [6, 6.07) is 0.634. The minimum Gasteiger partial charge on any atom is -0.338 e. The van der Waals surface area contributed by atoms with Crippen LogP contribution in [-0.2, 0) is 4.79 Å². The first-order valence-corrected chi connectivity index (χ1v) is 7.41. The molecular weight excluding hydrogens is 226 g/mol. The zero-order valence-electron chi connectivity index (χ0n) is 11.7. The normalized spacial score (nSPS) is 36.9. The molecule has 2 aliphatic rings. The quantitative estimate of drug-likeness (QED) is 0.787. The molecule has 2 aliphatic heterocycles.